The lowest BCUT2D eigenvalue weighted by Crippen LogP contribution is -2.49. The van der Waals surface area contributed by atoms with Gasteiger partial charge in [0, 0.05) is 37.1 Å². The highest BCUT2D eigenvalue weighted by molar-refractivity contribution is 7.07. The zero-order valence-electron chi connectivity index (χ0n) is 18.1. The standard InChI is InChI=1S/C24H22FN5O2S/c1-16(31)17-6-7-21(18(25)12-17)28-8-10-29(11-9-28)23(32)13-30-22-5-3-2-4-19(22)27-24(30)20-14-33-15-26-20/h2-7,12,14-15H,8-11,13H2,1H3. The molecule has 0 radical (unpaired) electrons. The van der Waals surface area contributed by atoms with E-state index in [1.807, 2.05) is 39.1 Å². The second-order valence-electron chi connectivity index (χ2n) is 7.97. The first-order chi connectivity index (χ1) is 16.0. The lowest BCUT2D eigenvalue weighted by molar-refractivity contribution is -0.132. The van der Waals surface area contributed by atoms with Gasteiger partial charge in [0.2, 0.25) is 5.91 Å². The number of imidazole rings is 1. The summed E-state index contributed by atoms with van der Waals surface area (Å²) in [6.45, 7) is 3.60. The van der Waals surface area contributed by atoms with Crippen LogP contribution in [0.2, 0.25) is 0 Å². The van der Waals surface area contributed by atoms with Crippen molar-refractivity contribution in [3.63, 3.8) is 0 Å². The molecule has 1 amide bonds. The molecule has 2 aromatic heterocycles. The number of nitrogens with zero attached hydrogens (tertiary/aromatic N) is 5. The molecule has 33 heavy (non-hydrogen) atoms. The molecule has 3 heterocycles. The Balaban J connectivity index is 1.31. The summed E-state index contributed by atoms with van der Waals surface area (Å²) in [7, 11) is 0. The topological polar surface area (TPSA) is 71.3 Å². The lowest BCUT2D eigenvalue weighted by atomic mass is 10.1. The minimum Gasteiger partial charge on any atom is -0.366 e. The van der Waals surface area contributed by atoms with Crippen molar-refractivity contribution in [1.82, 2.24) is 19.4 Å². The Bertz CT molecular complexity index is 1330. The van der Waals surface area contributed by atoms with Crippen LogP contribution in [0.5, 0.6) is 0 Å². The SMILES string of the molecule is CC(=O)c1ccc(N2CCN(C(=O)Cn3c(-c4cscn4)nc4ccccc43)CC2)c(F)c1. The number of halogens is 1. The van der Waals surface area contributed by atoms with Crippen LogP contribution in [0.25, 0.3) is 22.6 Å². The van der Waals surface area contributed by atoms with Gasteiger partial charge in [-0.3, -0.25) is 9.59 Å². The zero-order valence-corrected chi connectivity index (χ0v) is 18.9. The van der Waals surface area contributed by atoms with E-state index in [4.69, 9.17) is 4.98 Å². The zero-order chi connectivity index (χ0) is 22.9. The van der Waals surface area contributed by atoms with Crippen molar-refractivity contribution < 1.29 is 14.0 Å². The van der Waals surface area contributed by atoms with E-state index in [9.17, 15) is 14.0 Å². The van der Waals surface area contributed by atoms with Gasteiger partial charge in [-0.15, -0.1) is 11.3 Å². The highest BCUT2D eigenvalue weighted by atomic mass is 32.1. The van der Waals surface area contributed by atoms with Gasteiger partial charge in [0.05, 0.1) is 22.2 Å². The Kier molecular flexibility index (Phi) is 5.63. The van der Waals surface area contributed by atoms with E-state index in [2.05, 4.69) is 4.98 Å². The molecule has 9 heteroatoms. The maximum absolute atomic E-state index is 14.5. The first-order valence-electron chi connectivity index (χ1n) is 10.7. The number of piperazine rings is 1. The summed E-state index contributed by atoms with van der Waals surface area (Å²) in [6.07, 6.45) is 0. The Morgan fingerprint density at radius 3 is 2.58 bits per heavy atom. The smallest absolute Gasteiger partial charge is 0.242 e. The van der Waals surface area contributed by atoms with Crippen LogP contribution in [-0.4, -0.2) is 57.3 Å². The first kappa shape index (κ1) is 21.3. The molecule has 0 aliphatic carbocycles. The molecule has 0 saturated carbocycles. The molecule has 1 aliphatic rings. The van der Waals surface area contributed by atoms with Crippen molar-refractivity contribution >= 4 is 39.7 Å². The number of aromatic nitrogens is 3. The van der Waals surface area contributed by atoms with E-state index in [0.29, 0.717) is 43.3 Å². The third-order valence-electron chi connectivity index (χ3n) is 5.94. The van der Waals surface area contributed by atoms with Crippen molar-refractivity contribution in [1.29, 1.82) is 0 Å². The number of hydrogen-bond donors (Lipinski definition) is 0. The van der Waals surface area contributed by atoms with Crippen molar-refractivity contribution in [2.24, 2.45) is 0 Å². The second-order valence-corrected chi connectivity index (χ2v) is 8.69. The summed E-state index contributed by atoms with van der Waals surface area (Å²) in [5.41, 5.74) is 5.02. The third kappa shape index (κ3) is 4.11. The molecule has 5 rings (SSSR count). The molecule has 0 N–H and O–H groups in total. The monoisotopic (exact) mass is 463 g/mol. The van der Waals surface area contributed by atoms with Crippen LogP contribution >= 0.6 is 11.3 Å². The quantitative estimate of drug-likeness (QED) is 0.421. The van der Waals surface area contributed by atoms with Gasteiger partial charge in [0.1, 0.15) is 18.1 Å². The van der Waals surface area contributed by atoms with Crippen LogP contribution in [0.3, 0.4) is 0 Å². The Morgan fingerprint density at radius 2 is 1.88 bits per heavy atom. The summed E-state index contributed by atoms with van der Waals surface area (Å²) < 4.78 is 16.5. The molecule has 1 aliphatic heterocycles. The highest BCUT2D eigenvalue weighted by Crippen LogP contribution is 2.26. The molecular formula is C24H22FN5O2S. The average Bonchev–Trinajstić information content (AvgIpc) is 3.47. The summed E-state index contributed by atoms with van der Waals surface area (Å²) in [5, 5.41) is 1.92. The summed E-state index contributed by atoms with van der Waals surface area (Å²) >= 11 is 1.49. The predicted molar refractivity (Wildman–Crippen MR) is 126 cm³/mol. The number of Topliss-reactive ketones (excluding diaryl/α,β-unsaturated/α-hetero) is 1. The average molecular weight is 464 g/mol. The lowest BCUT2D eigenvalue weighted by Gasteiger charge is -2.36. The van der Waals surface area contributed by atoms with E-state index in [1.165, 1.54) is 24.3 Å². The fraction of sp³-hybridized carbons (Fsp3) is 0.250. The summed E-state index contributed by atoms with van der Waals surface area (Å²) in [4.78, 5) is 37.5. The number of carbonyl (C=O) groups excluding carboxylic acids is 2. The Labute approximate surface area is 194 Å². The maximum atomic E-state index is 14.5. The molecule has 4 aromatic rings. The largest absolute Gasteiger partial charge is 0.366 e. The van der Waals surface area contributed by atoms with Crippen LogP contribution in [0, 0.1) is 5.82 Å². The fourth-order valence-corrected chi connectivity index (χ4v) is 4.70. The van der Waals surface area contributed by atoms with Crippen molar-refractivity contribution in [3.05, 3.63) is 64.7 Å². The number of fused-ring (bicyclic) bond motifs is 1. The van der Waals surface area contributed by atoms with E-state index in [-0.39, 0.29) is 18.2 Å². The summed E-state index contributed by atoms with van der Waals surface area (Å²) in [6, 6.07) is 12.3. The van der Waals surface area contributed by atoms with Crippen LogP contribution in [0.4, 0.5) is 10.1 Å². The van der Waals surface area contributed by atoms with Crippen molar-refractivity contribution in [2.75, 3.05) is 31.1 Å². The van der Waals surface area contributed by atoms with E-state index in [1.54, 1.807) is 22.5 Å². The first-order valence-corrected chi connectivity index (χ1v) is 11.6. The molecule has 0 unspecified atom stereocenters. The molecular weight excluding hydrogens is 441 g/mol. The molecule has 2 aromatic carbocycles. The number of hydrogen-bond acceptors (Lipinski definition) is 6. The number of carbonyl (C=O) groups is 2. The van der Waals surface area contributed by atoms with Crippen LogP contribution < -0.4 is 4.90 Å². The van der Waals surface area contributed by atoms with Crippen LogP contribution in [-0.2, 0) is 11.3 Å². The van der Waals surface area contributed by atoms with Crippen molar-refractivity contribution in [2.45, 2.75) is 13.5 Å². The molecule has 0 spiro atoms. The van der Waals surface area contributed by atoms with Gasteiger partial charge >= 0.3 is 0 Å². The van der Waals surface area contributed by atoms with E-state index < -0.39 is 5.82 Å². The number of thiazole rings is 1. The molecule has 168 valence electrons. The number of amides is 1. The maximum Gasteiger partial charge on any atom is 0.242 e. The summed E-state index contributed by atoms with van der Waals surface area (Å²) in [5.74, 6) is 0.0823. The van der Waals surface area contributed by atoms with Crippen LogP contribution in [0.15, 0.2) is 53.4 Å². The number of para-hydroxylation sites is 2. The van der Waals surface area contributed by atoms with Gasteiger partial charge in [-0.25, -0.2) is 14.4 Å². The van der Waals surface area contributed by atoms with E-state index in [0.717, 1.165) is 16.7 Å². The minimum absolute atomic E-state index is 0.0123. The number of ketones is 1. The van der Waals surface area contributed by atoms with Gasteiger partial charge in [-0.1, -0.05) is 12.1 Å². The molecule has 1 saturated heterocycles. The molecule has 0 bridgehead atoms. The highest BCUT2D eigenvalue weighted by Gasteiger charge is 2.25. The van der Waals surface area contributed by atoms with Gasteiger partial charge < -0.3 is 14.4 Å². The Hall–Kier alpha value is -3.59. The molecule has 7 nitrogen and oxygen atoms in total. The Morgan fingerprint density at radius 1 is 1.09 bits per heavy atom. The third-order valence-corrected chi connectivity index (χ3v) is 6.52. The van der Waals surface area contributed by atoms with Crippen LogP contribution in [0.1, 0.15) is 17.3 Å². The normalized spacial score (nSPS) is 14.1. The predicted octanol–water partition coefficient (Wildman–Crippen LogP) is 3.85. The van der Waals surface area contributed by atoms with Gasteiger partial charge in [-0.2, -0.15) is 0 Å². The van der Waals surface area contributed by atoms with Gasteiger partial charge in [-0.05, 0) is 37.3 Å². The number of benzene rings is 2. The van der Waals surface area contributed by atoms with Gasteiger partial charge in [0.15, 0.2) is 11.6 Å². The minimum atomic E-state index is -0.416. The molecule has 0 atom stereocenters. The van der Waals surface area contributed by atoms with E-state index >= 15 is 0 Å². The number of anilines is 1. The molecule has 1 fully saturated rings. The fourth-order valence-electron chi connectivity index (χ4n) is 4.17. The number of rotatable bonds is 5. The van der Waals surface area contributed by atoms with Crippen molar-refractivity contribution in [3.8, 4) is 11.5 Å². The second kappa shape index (κ2) is 8.74. The van der Waals surface area contributed by atoms with Gasteiger partial charge in [0.25, 0.3) is 0 Å².